The topological polar surface area (TPSA) is 60.9 Å². The highest BCUT2D eigenvalue weighted by molar-refractivity contribution is 5.93. The maximum absolute atomic E-state index is 12.5. The van der Waals surface area contributed by atoms with Crippen LogP contribution in [0.4, 0.5) is 8.78 Å². The summed E-state index contributed by atoms with van der Waals surface area (Å²) in [6, 6.07) is 7.88. The van der Waals surface area contributed by atoms with Crippen molar-refractivity contribution in [2.75, 3.05) is 20.3 Å². The van der Waals surface area contributed by atoms with Crippen LogP contribution in [0.1, 0.15) is 29.8 Å². The van der Waals surface area contributed by atoms with Gasteiger partial charge in [0.2, 0.25) is 5.88 Å². The van der Waals surface area contributed by atoms with Gasteiger partial charge in [0.25, 0.3) is 5.91 Å². The molecule has 0 aliphatic carbocycles. The maximum atomic E-state index is 12.5. The number of halogens is 2. The fourth-order valence-electron chi connectivity index (χ4n) is 2.42. The van der Waals surface area contributed by atoms with Crippen molar-refractivity contribution in [3.8, 4) is 17.4 Å². The van der Waals surface area contributed by atoms with Crippen molar-refractivity contribution in [2.45, 2.75) is 27.0 Å². The Balaban J connectivity index is 2.10. The van der Waals surface area contributed by atoms with Crippen molar-refractivity contribution in [2.24, 2.45) is 0 Å². The number of hydrogen-bond acceptors (Lipinski definition) is 5. The minimum atomic E-state index is -2.94. The Bertz CT molecular complexity index is 754. The van der Waals surface area contributed by atoms with E-state index in [4.69, 9.17) is 9.47 Å². The van der Waals surface area contributed by atoms with Gasteiger partial charge in [-0.2, -0.15) is 8.78 Å². The molecule has 146 valence electrons. The van der Waals surface area contributed by atoms with Crippen LogP contribution in [-0.2, 0) is 6.54 Å². The second-order valence-corrected chi connectivity index (χ2v) is 5.57. The molecule has 1 heterocycles. The summed E-state index contributed by atoms with van der Waals surface area (Å²) in [5, 5.41) is 0. The minimum absolute atomic E-state index is 0.0414. The predicted molar refractivity (Wildman–Crippen MR) is 95.4 cm³/mol. The second kappa shape index (κ2) is 9.70. The van der Waals surface area contributed by atoms with Crippen LogP contribution in [0, 0.1) is 0 Å². The van der Waals surface area contributed by atoms with Crippen molar-refractivity contribution < 1.29 is 27.8 Å². The van der Waals surface area contributed by atoms with E-state index in [1.54, 1.807) is 38.2 Å². The number of nitrogens with zero attached hydrogens (tertiary/aromatic N) is 2. The van der Waals surface area contributed by atoms with Gasteiger partial charge in [-0.05, 0) is 37.6 Å². The smallest absolute Gasteiger partial charge is 0.387 e. The van der Waals surface area contributed by atoms with Crippen molar-refractivity contribution >= 4 is 5.91 Å². The molecule has 8 heteroatoms. The number of carbonyl (C=O) groups is 1. The number of hydrogen-bond donors (Lipinski definition) is 0. The fourth-order valence-corrected chi connectivity index (χ4v) is 2.42. The van der Waals surface area contributed by atoms with Crippen molar-refractivity contribution in [3.63, 3.8) is 0 Å². The van der Waals surface area contributed by atoms with Gasteiger partial charge in [-0.15, -0.1) is 0 Å². The van der Waals surface area contributed by atoms with Crippen molar-refractivity contribution in [3.05, 3.63) is 47.7 Å². The molecule has 0 radical (unpaired) electrons. The number of aromatic nitrogens is 1. The molecule has 1 amide bonds. The Morgan fingerprint density at radius 1 is 1.11 bits per heavy atom. The largest absolute Gasteiger partial charge is 0.490 e. The van der Waals surface area contributed by atoms with E-state index in [-0.39, 0.29) is 24.0 Å². The average molecular weight is 380 g/mol. The zero-order valence-corrected chi connectivity index (χ0v) is 15.4. The molecule has 27 heavy (non-hydrogen) atoms. The number of benzene rings is 1. The van der Waals surface area contributed by atoms with Gasteiger partial charge in [-0.3, -0.25) is 4.79 Å². The lowest BCUT2D eigenvalue weighted by atomic mass is 10.1. The molecule has 0 atom stereocenters. The fraction of sp³-hybridized carbons (Fsp3) is 0.368. The number of rotatable bonds is 9. The van der Waals surface area contributed by atoms with Gasteiger partial charge >= 0.3 is 6.61 Å². The highest BCUT2D eigenvalue weighted by atomic mass is 19.3. The highest BCUT2D eigenvalue weighted by Crippen LogP contribution is 2.30. The van der Waals surface area contributed by atoms with Gasteiger partial charge in [0, 0.05) is 25.9 Å². The summed E-state index contributed by atoms with van der Waals surface area (Å²) < 4.78 is 40.0. The van der Waals surface area contributed by atoms with Gasteiger partial charge in [0.15, 0.2) is 11.5 Å². The summed E-state index contributed by atoms with van der Waals surface area (Å²) in [6.45, 7) is 1.71. The molecule has 0 aliphatic rings. The van der Waals surface area contributed by atoms with Gasteiger partial charge < -0.3 is 19.1 Å². The maximum Gasteiger partial charge on any atom is 0.387 e. The lowest BCUT2D eigenvalue weighted by molar-refractivity contribution is -0.0514. The molecule has 0 fully saturated rings. The van der Waals surface area contributed by atoms with Crippen LogP contribution in [0.5, 0.6) is 17.4 Å². The number of carbonyl (C=O) groups excluding carboxylic acids is 1. The van der Waals surface area contributed by atoms with Crippen molar-refractivity contribution in [1.82, 2.24) is 9.88 Å². The van der Waals surface area contributed by atoms with Crippen LogP contribution in [0.3, 0.4) is 0 Å². The second-order valence-electron chi connectivity index (χ2n) is 5.57. The van der Waals surface area contributed by atoms with Crippen LogP contribution >= 0.6 is 0 Å². The summed E-state index contributed by atoms with van der Waals surface area (Å²) >= 11 is 0. The minimum Gasteiger partial charge on any atom is -0.490 e. The molecule has 0 spiro atoms. The Labute approximate surface area is 156 Å². The zero-order valence-electron chi connectivity index (χ0n) is 15.4. The van der Waals surface area contributed by atoms with Crippen LogP contribution < -0.4 is 14.2 Å². The normalized spacial score (nSPS) is 10.6. The van der Waals surface area contributed by atoms with E-state index in [2.05, 4.69) is 9.72 Å². The van der Waals surface area contributed by atoms with Crippen LogP contribution in [0.25, 0.3) is 0 Å². The SMILES string of the molecule is CCOc1ccc(C(=O)N(C)Cc2ccc(OC(F)F)c(OCC)c2)cn1. The Morgan fingerprint density at radius 2 is 1.85 bits per heavy atom. The molecule has 6 nitrogen and oxygen atoms in total. The van der Waals surface area contributed by atoms with Crippen LogP contribution in [0.15, 0.2) is 36.5 Å². The summed E-state index contributed by atoms with van der Waals surface area (Å²) in [7, 11) is 1.64. The molecule has 0 unspecified atom stereocenters. The summed E-state index contributed by atoms with van der Waals surface area (Å²) in [6.07, 6.45) is 1.45. The molecule has 0 aliphatic heterocycles. The number of pyridine rings is 1. The van der Waals surface area contributed by atoms with E-state index < -0.39 is 6.61 Å². The Morgan fingerprint density at radius 3 is 2.44 bits per heavy atom. The van der Waals surface area contributed by atoms with Gasteiger partial charge in [-0.1, -0.05) is 6.07 Å². The molecule has 1 aromatic heterocycles. The monoisotopic (exact) mass is 380 g/mol. The number of alkyl halides is 2. The molecule has 0 saturated heterocycles. The first-order valence-corrected chi connectivity index (χ1v) is 8.49. The van der Waals surface area contributed by atoms with E-state index in [9.17, 15) is 13.6 Å². The average Bonchev–Trinajstić information content (AvgIpc) is 2.64. The van der Waals surface area contributed by atoms with E-state index in [0.29, 0.717) is 24.7 Å². The molecular weight excluding hydrogens is 358 g/mol. The molecular formula is C19H22F2N2O4. The number of amides is 1. The van der Waals surface area contributed by atoms with Gasteiger partial charge in [0.1, 0.15) is 0 Å². The third-order valence-corrected chi connectivity index (χ3v) is 3.57. The van der Waals surface area contributed by atoms with E-state index in [0.717, 1.165) is 5.56 Å². The first kappa shape index (κ1) is 20.4. The lowest BCUT2D eigenvalue weighted by Gasteiger charge is -2.19. The standard InChI is InChI=1S/C19H22F2N2O4/c1-4-25-16-10-13(6-8-15(16)27-19(20)21)12-23(3)18(24)14-7-9-17(22-11-14)26-5-2/h6-11,19H,4-5,12H2,1-3H3. The Kier molecular flexibility index (Phi) is 7.34. The molecule has 2 rings (SSSR count). The van der Waals surface area contributed by atoms with Crippen molar-refractivity contribution in [1.29, 1.82) is 0 Å². The first-order valence-electron chi connectivity index (χ1n) is 8.49. The highest BCUT2D eigenvalue weighted by Gasteiger charge is 2.16. The zero-order chi connectivity index (χ0) is 19.8. The summed E-state index contributed by atoms with van der Waals surface area (Å²) in [4.78, 5) is 18.1. The molecule has 0 saturated carbocycles. The van der Waals surface area contributed by atoms with E-state index in [1.165, 1.54) is 17.2 Å². The molecule has 2 aromatic rings. The third kappa shape index (κ3) is 5.80. The van der Waals surface area contributed by atoms with Gasteiger partial charge in [-0.25, -0.2) is 4.98 Å². The van der Waals surface area contributed by atoms with E-state index >= 15 is 0 Å². The van der Waals surface area contributed by atoms with E-state index in [1.807, 2.05) is 6.92 Å². The van der Waals surface area contributed by atoms with Gasteiger partial charge in [0.05, 0.1) is 18.8 Å². The predicted octanol–water partition coefficient (Wildman–Crippen LogP) is 3.75. The Hall–Kier alpha value is -2.90. The quantitative estimate of drug-likeness (QED) is 0.663. The lowest BCUT2D eigenvalue weighted by Crippen LogP contribution is -2.26. The summed E-state index contributed by atoms with van der Waals surface area (Å²) in [5.74, 6) is 0.392. The summed E-state index contributed by atoms with van der Waals surface area (Å²) in [5.41, 5.74) is 1.14. The molecule has 0 bridgehead atoms. The van der Waals surface area contributed by atoms with Crippen LogP contribution in [-0.4, -0.2) is 42.7 Å². The van der Waals surface area contributed by atoms with Crippen LogP contribution in [0.2, 0.25) is 0 Å². The molecule has 1 aromatic carbocycles. The molecule has 0 N–H and O–H groups in total. The first-order chi connectivity index (χ1) is 12.9. The third-order valence-electron chi connectivity index (χ3n) is 3.57. The number of ether oxygens (including phenoxy) is 3.